The maximum Gasteiger partial charge on any atom is 0.247 e. The summed E-state index contributed by atoms with van der Waals surface area (Å²) < 4.78 is 5.40. The highest BCUT2D eigenvalue weighted by Gasteiger charge is 2.23. The van der Waals surface area contributed by atoms with Crippen LogP contribution in [0.2, 0.25) is 0 Å². The Bertz CT molecular complexity index is 480. The highest BCUT2D eigenvalue weighted by Crippen LogP contribution is 2.23. The van der Waals surface area contributed by atoms with E-state index < -0.39 is 5.60 Å². The third-order valence-corrected chi connectivity index (χ3v) is 2.25. The van der Waals surface area contributed by atoms with Crippen molar-refractivity contribution >= 4 is 0 Å². The van der Waals surface area contributed by atoms with Crippen molar-refractivity contribution in [3.8, 4) is 11.5 Å². The molecule has 0 bridgehead atoms. The summed E-state index contributed by atoms with van der Waals surface area (Å²) in [6.07, 6.45) is 0. The van der Waals surface area contributed by atoms with E-state index in [1.54, 1.807) is 13.8 Å². The summed E-state index contributed by atoms with van der Waals surface area (Å²) in [5.74, 6) is 0.653. The molecule has 0 atom stereocenters. The molecule has 16 heavy (non-hydrogen) atoms. The van der Waals surface area contributed by atoms with Gasteiger partial charge in [-0.2, -0.15) is 0 Å². The first-order valence-electron chi connectivity index (χ1n) is 5.10. The number of aliphatic hydroxyl groups is 1. The van der Waals surface area contributed by atoms with E-state index in [9.17, 15) is 5.11 Å². The second kappa shape index (κ2) is 3.72. The van der Waals surface area contributed by atoms with Crippen molar-refractivity contribution in [2.75, 3.05) is 0 Å². The molecule has 0 radical (unpaired) electrons. The van der Waals surface area contributed by atoms with Crippen molar-refractivity contribution in [2.24, 2.45) is 0 Å². The highest BCUT2D eigenvalue weighted by atomic mass is 16.4. The molecule has 0 unspecified atom stereocenters. The summed E-state index contributed by atoms with van der Waals surface area (Å²) in [7, 11) is 0. The van der Waals surface area contributed by atoms with Crippen LogP contribution in [0.1, 0.15) is 25.3 Å². The minimum Gasteiger partial charge on any atom is -0.418 e. The largest absolute Gasteiger partial charge is 0.418 e. The molecule has 0 spiro atoms. The number of aromatic nitrogens is 2. The van der Waals surface area contributed by atoms with Crippen LogP contribution in [-0.2, 0) is 5.60 Å². The molecule has 0 fully saturated rings. The van der Waals surface area contributed by atoms with E-state index in [4.69, 9.17) is 4.42 Å². The van der Waals surface area contributed by atoms with Gasteiger partial charge >= 0.3 is 0 Å². The number of rotatable bonds is 2. The molecule has 0 saturated carbocycles. The fourth-order valence-electron chi connectivity index (χ4n) is 1.28. The average molecular weight is 218 g/mol. The quantitative estimate of drug-likeness (QED) is 0.840. The van der Waals surface area contributed by atoms with Crippen molar-refractivity contribution in [1.82, 2.24) is 10.2 Å². The lowest BCUT2D eigenvalue weighted by molar-refractivity contribution is 0.0488. The number of nitrogens with zero attached hydrogens (tertiary/aromatic N) is 2. The molecule has 1 heterocycles. The van der Waals surface area contributed by atoms with E-state index in [1.807, 2.05) is 31.2 Å². The number of benzene rings is 1. The lowest BCUT2D eigenvalue weighted by atomic mass is 10.1. The van der Waals surface area contributed by atoms with Crippen molar-refractivity contribution in [2.45, 2.75) is 26.4 Å². The van der Waals surface area contributed by atoms with Gasteiger partial charge in [-0.25, -0.2) is 0 Å². The van der Waals surface area contributed by atoms with Gasteiger partial charge in [0.25, 0.3) is 0 Å². The molecule has 2 rings (SSSR count). The van der Waals surface area contributed by atoms with Crippen LogP contribution in [0, 0.1) is 6.92 Å². The first-order valence-corrected chi connectivity index (χ1v) is 5.10. The summed E-state index contributed by atoms with van der Waals surface area (Å²) in [6.45, 7) is 5.23. The molecule has 2 aromatic rings. The molecule has 0 amide bonds. The fraction of sp³-hybridized carbons (Fsp3) is 0.333. The van der Waals surface area contributed by atoms with Crippen LogP contribution in [-0.4, -0.2) is 15.3 Å². The Morgan fingerprint density at radius 3 is 2.25 bits per heavy atom. The van der Waals surface area contributed by atoms with E-state index >= 15 is 0 Å². The number of hydrogen-bond acceptors (Lipinski definition) is 4. The zero-order chi connectivity index (χ0) is 11.8. The van der Waals surface area contributed by atoms with Gasteiger partial charge < -0.3 is 9.52 Å². The van der Waals surface area contributed by atoms with Crippen molar-refractivity contribution in [1.29, 1.82) is 0 Å². The molecule has 0 aliphatic heterocycles. The minimum atomic E-state index is -1.10. The normalized spacial score (nSPS) is 11.8. The summed E-state index contributed by atoms with van der Waals surface area (Å²) in [5, 5.41) is 17.4. The summed E-state index contributed by atoms with van der Waals surface area (Å²) in [5.41, 5.74) is 0.926. The predicted octanol–water partition coefficient (Wildman–Crippen LogP) is 2.27. The van der Waals surface area contributed by atoms with E-state index in [2.05, 4.69) is 10.2 Å². The highest BCUT2D eigenvalue weighted by molar-refractivity contribution is 5.52. The monoisotopic (exact) mass is 218 g/mol. The van der Waals surface area contributed by atoms with E-state index in [-0.39, 0.29) is 5.89 Å². The molecule has 1 aromatic heterocycles. The summed E-state index contributed by atoms with van der Waals surface area (Å²) >= 11 is 0. The standard InChI is InChI=1S/C12H14N2O2/c1-8-4-6-9(7-5-8)10-13-14-11(16-10)12(2,3)15/h4-7,15H,1-3H3. The van der Waals surface area contributed by atoms with Crippen LogP contribution in [0.25, 0.3) is 11.5 Å². The molecule has 4 heteroatoms. The van der Waals surface area contributed by atoms with Crippen LogP contribution in [0.3, 0.4) is 0 Å². The third-order valence-electron chi connectivity index (χ3n) is 2.25. The van der Waals surface area contributed by atoms with E-state index in [0.717, 1.165) is 5.56 Å². The second-order valence-corrected chi connectivity index (χ2v) is 4.34. The molecule has 4 nitrogen and oxygen atoms in total. The van der Waals surface area contributed by atoms with Crippen LogP contribution < -0.4 is 0 Å². The second-order valence-electron chi connectivity index (χ2n) is 4.34. The molecular weight excluding hydrogens is 204 g/mol. The SMILES string of the molecule is Cc1ccc(-c2nnc(C(C)(C)O)o2)cc1. The number of hydrogen-bond donors (Lipinski definition) is 1. The lowest BCUT2D eigenvalue weighted by Gasteiger charge is -2.09. The zero-order valence-electron chi connectivity index (χ0n) is 9.56. The zero-order valence-corrected chi connectivity index (χ0v) is 9.56. The molecule has 0 saturated heterocycles. The van der Waals surface area contributed by atoms with E-state index in [1.165, 1.54) is 5.56 Å². The smallest absolute Gasteiger partial charge is 0.247 e. The maximum absolute atomic E-state index is 9.70. The van der Waals surface area contributed by atoms with Gasteiger partial charge in [-0.3, -0.25) is 0 Å². The maximum atomic E-state index is 9.70. The lowest BCUT2D eigenvalue weighted by Crippen LogP contribution is -2.15. The van der Waals surface area contributed by atoms with Crippen LogP contribution >= 0.6 is 0 Å². The van der Waals surface area contributed by atoms with Gasteiger partial charge in [-0.1, -0.05) is 17.7 Å². The molecule has 1 aromatic carbocycles. The molecule has 0 aliphatic rings. The van der Waals surface area contributed by atoms with Crippen molar-refractivity contribution in [3.63, 3.8) is 0 Å². The van der Waals surface area contributed by atoms with Crippen molar-refractivity contribution in [3.05, 3.63) is 35.7 Å². The molecule has 84 valence electrons. The van der Waals surface area contributed by atoms with Crippen LogP contribution in [0.5, 0.6) is 0 Å². The Morgan fingerprint density at radius 2 is 1.75 bits per heavy atom. The van der Waals surface area contributed by atoms with Crippen LogP contribution in [0.4, 0.5) is 0 Å². The number of aryl methyl sites for hydroxylation is 1. The van der Waals surface area contributed by atoms with E-state index in [0.29, 0.717) is 5.89 Å². The Hall–Kier alpha value is -1.68. The Morgan fingerprint density at radius 1 is 1.12 bits per heavy atom. The van der Waals surface area contributed by atoms with Gasteiger partial charge in [-0.05, 0) is 32.9 Å². The van der Waals surface area contributed by atoms with Gasteiger partial charge in [0.1, 0.15) is 5.60 Å². The predicted molar refractivity (Wildman–Crippen MR) is 59.7 cm³/mol. The molecule has 0 aliphatic carbocycles. The van der Waals surface area contributed by atoms with Crippen LogP contribution in [0.15, 0.2) is 28.7 Å². The average Bonchev–Trinajstić information content (AvgIpc) is 2.67. The van der Waals surface area contributed by atoms with Gasteiger partial charge in [-0.15, -0.1) is 10.2 Å². The first-order chi connectivity index (χ1) is 7.47. The summed E-state index contributed by atoms with van der Waals surface area (Å²) in [4.78, 5) is 0. The van der Waals surface area contributed by atoms with Gasteiger partial charge in [0.15, 0.2) is 0 Å². The van der Waals surface area contributed by atoms with Gasteiger partial charge in [0, 0.05) is 5.56 Å². The van der Waals surface area contributed by atoms with Gasteiger partial charge in [0.2, 0.25) is 11.8 Å². The Labute approximate surface area is 93.9 Å². The Balaban J connectivity index is 2.35. The van der Waals surface area contributed by atoms with Crippen molar-refractivity contribution < 1.29 is 9.52 Å². The minimum absolute atomic E-state index is 0.225. The fourth-order valence-corrected chi connectivity index (χ4v) is 1.28. The first kappa shape index (κ1) is 10.8. The third kappa shape index (κ3) is 2.12. The molecule has 1 N–H and O–H groups in total. The summed E-state index contributed by atoms with van der Waals surface area (Å²) in [6, 6.07) is 7.78. The molecular formula is C12H14N2O2. The van der Waals surface area contributed by atoms with Gasteiger partial charge in [0.05, 0.1) is 0 Å². The Kier molecular flexibility index (Phi) is 2.52. The topological polar surface area (TPSA) is 59.2 Å².